The highest BCUT2D eigenvalue weighted by Gasteiger charge is 2.35. The maximum atomic E-state index is 11.9. The van der Waals surface area contributed by atoms with E-state index in [1.807, 2.05) is 6.92 Å². The Morgan fingerprint density at radius 1 is 1.39 bits per heavy atom. The van der Waals surface area contributed by atoms with Crippen LogP contribution in [0.4, 0.5) is 4.79 Å². The predicted molar refractivity (Wildman–Crippen MR) is 64.4 cm³/mol. The molecule has 104 valence electrons. The third-order valence-corrected chi connectivity index (χ3v) is 2.55. The van der Waals surface area contributed by atoms with Crippen LogP contribution in [0.25, 0.3) is 0 Å². The monoisotopic (exact) mass is 259 g/mol. The van der Waals surface area contributed by atoms with Crippen LogP contribution >= 0.6 is 0 Å². The van der Waals surface area contributed by atoms with Gasteiger partial charge in [0.25, 0.3) is 0 Å². The fourth-order valence-corrected chi connectivity index (χ4v) is 1.68. The molecule has 1 amide bonds. The second kappa shape index (κ2) is 5.56. The van der Waals surface area contributed by atoms with E-state index in [-0.39, 0.29) is 12.6 Å². The maximum absolute atomic E-state index is 11.9. The predicted octanol–water partition coefficient (Wildman–Crippen LogP) is 1.49. The van der Waals surface area contributed by atoms with E-state index in [4.69, 9.17) is 14.6 Å². The van der Waals surface area contributed by atoms with Crippen LogP contribution < -0.4 is 0 Å². The van der Waals surface area contributed by atoms with Crippen LogP contribution in [-0.2, 0) is 14.3 Å². The van der Waals surface area contributed by atoms with Gasteiger partial charge >= 0.3 is 12.1 Å². The summed E-state index contributed by atoms with van der Waals surface area (Å²) in [5, 5.41) is 8.98. The minimum Gasteiger partial charge on any atom is -0.479 e. The zero-order valence-electron chi connectivity index (χ0n) is 11.3. The molecule has 2 atom stereocenters. The molecule has 6 nitrogen and oxygen atoms in total. The third-order valence-electron chi connectivity index (χ3n) is 2.55. The van der Waals surface area contributed by atoms with E-state index in [1.165, 1.54) is 4.90 Å². The number of aliphatic carboxylic acids is 1. The first kappa shape index (κ1) is 14.8. The number of carbonyl (C=O) groups excluding carboxylic acids is 1. The quantitative estimate of drug-likeness (QED) is 0.813. The van der Waals surface area contributed by atoms with Crippen molar-refractivity contribution in [3.8, 4) is 0 Å². The fraction of sp³-hybridized carbons (Fsp3) is 0.833. The standard InChI is InChI=1S/C12H21NO5/c1-5-8-6-13(7-9(17-8)10(14)15)11(16)18-12(2,3)4/h8-9H,5-7H2,1-4H3,(H,14,15). The zero-order chi connectivity index (χ0) is 13.9. The summed E-state index contributed by atoms with van der Waals surface area (Å²) in [6, 6.07) is 0. The van der Waals surface area contributed by atoms with E-state index in [1.54, 1.807) is 20.8 Å². The van der Waals surface area contributed by atoms with E-state index in [0.29, 0.717) is 13.0 Å². The molecule has 0 aromatic heterocycles. The molecule has 0 aliphatic carbocycles. The van der Waals surface area contributed by atoms with Gasteiger partial charge in [0.2, 0.25) is 0 Å². The molecule has 0 aromatic carbocycles. The summed E-state index contributed by atoms with van der Waals surface area (Å²) in [5.74, 6) is -1.05. The number of hydrogen-bond donors (Lipinski definition) is 1. The second-order valence-electron chi connectivity index (χ2n) is 5.38. The Balaban J connectivity index is 2.69. The number of carboxylic acids is 1. The summed E-state index contributed by atoms with van der Waals surface area (Å²) in [4.78, 5) is 24.3. The average molecular weight is 259 g/mol. The Labute approximate surface area is 107 Å². The van der Waals surface area contributed by atoms with Gasteiger partial charge < -0.3 is 19.5 Å². The smallest absolute Gasteiger partial charge is 0.410 e. The van der Waals surface area contributed by atoms with Crippen LogP contribution in [0.1, 0.15) is 34.1 Å². The molecule has 1 N–H and O–H groups in total. The number of nitrogens with zero attached hydrogens (tertiary/aromatic N) is 1. The highest BCUT2D eigenvalue weighted by atomic mass is 16.6. The van der Waals surface area contributed by atoms with Gasteiger partial charge in [0.15, 0.2) is 6.10 Å². The van der Waals surface area contributed by atoms with Crippen LogP contribution in [0.5, 0.6) is 0 Å². The number of carbonyl (C=O) groups is 2. The lowest BCUT2D eigenvalue weighted by molar-refractivity contribution is -0.163. The van der Waals surface area contributed by atoms with Crippen molar-refractivity contribution in [2.45, 2.75) is 51.9 Å². The lowest BCUT2D eigenvalue weighted by Gasteiger charge is -2.36. The molecule has 1 heterocycles. The topological polar surface area (TPSA) is 76.1 Å². The lowest BCUT2D eigenvalue weighted by Crippen LogP contribution is -2.53. The summed E-state index contributed by atoms with van der Waals surface area (Å²) in [5.41, 5.74) is -0.587. The molecule has 0 spiro atoms. The normalized spacial score (nSPS) is 24.8. The summed E-state index contributed by atoms with van der Waals surface area (Å²) in [6.07, 6.45) is -1.07. The molecule has 0 radical (unpaired) electrons. The summed E-state index contributed by atoms with van der Waals surface area (Å²) >= 11 is 0. The Hall–Kier alpha value is -1.30. The number of rotatable bonds is 2. The van der Waals surface area contributed by atoms with Gasteiger partial charge in [-0.2, -0.15) is 0 Å². The van der Waals surface area contributed by atoms with Crippen molar-refractivity contribution >= 4 is 12.1 Å². The van der Waals surface area contributed by atoms with Gasteiger partial charge in [0.05, 0.1) is 19.2 Å². The molecule has 18 heavy (non-hydrogen) atoms. The van der Waals surface area contributed by atoms with Gasteiger partial charge in [-0.1, -0.05) is 6.92 Å². The molecular weight excluding hydrogens is 238 g/mol. The first-order valence-corrected chi connectivity index (χ1v) is 6.09. The summed E-state index contributed by atoms with van der Waals surface area (Å²) in [6.45, 7) is 7.62. The first-order chi connectivity index (χ1) is 8.23. The van der Waals surface area contributed by atoms with E-state index in [9.17, 15) is 9.59 Å². The van der Waals surface area contributed by atoms with Crippen molar-refractivity contribution in [2.75, 3.05) is 13.1 Å². The largest absolute Gasteiger partial charge is 0.479 e. The van der Waals surface area contributed by atoms with Gasteiger partial charge in [-0.05, 0) is 27.2 Å². The van der Waals surface area contributed by atoms with Crippen LogP contribution in [0, 0.1) is 0 Å². The van der Waals surface area contributed by atoms with Crippen LogP contribution in [0.2, 0.25) is 0 Å². The molecule has 0 bridgehead atoms. The summed E-state index contributed by atoms with van der Waals surface area (Å²) < 4.78 is 10.6. The van der Waals surface area contributed by atoms with E-state index in [0.717, 1.165) is 0 Å². The Bertz CT molecular complexity index is 323. The first-order valence-electron chi connectivity index (χ1n) is 6.09. The van der Waals surface area contributed by atoms with E-state index in [2.05, 4.69) is 0 Å². The van der Waals surface area contributed by atoms with Crippen molar-refractivity contribution in [3.63, 3.8) is 0 Å². The van der Waals surface area contributed by atoms with Crippen molar-refractivity contribution < 1.29 is 24.2 Å². The van der Waals surface area contributed by atoms with Gasteiger partial charge in [-0.3, -0.25) is 0 Å². The van der Waals surface area contributed by atoms with Gasteiger partial charge in [-0.15, -0.1) is 0 Å². The summed E-state index contributed by atoms with van der Waals surface area (Å²) in [7, 11) is 0. The lowest BCUT2D eigenvalue weighted by atomic mass is 10.1. The van der Waals surface area contributed by atoms with Gasteiger partial charge in [-0.25, -0.2) is 9.59 Å². The number of ether oxygens (including phenoxy) is 2. The highest BCUT2D eigenvalue weighted by Crippen LogP contribution is 2.17. The molecule has 1 fully saturated rings. The molecule has 0 aromatic rings. The Morgan fingerprint density at radius 2 is 2.00 bits per heavy atom. The second-order valence-corrected chi connectivity index (χ2v) is 5.38. The van der Waals surface area contributed by atoms with Crippen molar-refractivity contribution in [1.29, 1.82) is 0 Å². The number of morpholine rings is 1. The SMILES string of the molecule is CCC1CN(C(=O)OC(C)(C)C)CC(C(=O)O)O1. The number of amides is 1. The minimum absolute atomic E-state index is 0.0285. The molecule has 6 heteroatoms. The molecular formula is C12H21NO5. The fourth-order valence-electron chi connectivity index (χ4n) is 1.68. The average Bonchev–Trinajstić information content (AvgIpc) is 2.26. The maximum Gasteiger partial charge on any atom is 0.410 e. The number of carboxylic acid groups (broad SMARTS) is 1. The van der Waals surface area contributed by atoms with Crippen LogP contribution in [0.15, 0.2) is 0 Å². The van der Waals surface area contributed by atoms with Crippen molar-refractivity contribution in [3.05, 3.63) is 0 Å². The van der Waals surface area contributed by atoms with Crippen LogP contribution in [0.3, 0.4) is 0 Å². The van der Waals surface area contributed by atoms with Gasteiger partial charge in [0.1, 0.15) is 5.60 Å². The Morgan fingerprint density at radius 3 is 2.44 bits per heavy atom. The van der Waals surface area contributed by atoms with Crippen molar-refractivity contribution in [2.24, 2.45) is 0 Å². The van der Waals surface area contributed by atoms with Crippen molar-refractivity contribution in [1.82, 2.24) is 4.90 Å². The molecule has 1 aliphatic heterocycles. The molecule has 0 saturated carbocycles. The van der Waals surface area contributed by atoms with Gasteiger partial charge in [0, 0.05) is 0 Å². The van der Waals surface area contributed by atoms with Crippen LogP contribution in [-0.4, -0.2) is 53.0 Å². The highest BCUT2D eigenvalue weighted by molar-refractivity contribution is 5.75. The van der Waals surface area contributed by atoms with E-state index >= 15 is 0 Å². The minimum atomic E-state index is -1.05. The Kier molecular flexibility index (Phi) is 4.56. The molecule has 1 saturated heterocycles. The molecule has 2 unspecified atom stereocenters. The number of hydrogen-bond acceptors (Lipinski definition) is 4. The molecule has 1 aliphatic rings. The van der Waals surface area contributed by atoms with E-state index < -0.39 is 23.8 Å². The molecule has 1 rings (SSSR count). The zero-order valence-corrected chi connectivity index (χ0v) is 11.3. The third kappa shape index (κ3) is 4.18.